The number of halogens is 4. The summed E-state index contributed by atoms with van der Waals surface area (Å²) in [5, 5.41) is 0.810. The van der Waals surface area contributed by atoms with Gasteiger partial charge in [-0.25, -0.2) is 4.98 Å². The molecule has 0 fully saturated rings. The molecule has 0 atom stereocenters. The minimum absolute atomic E-state index is 0.135. The Morgan fingerprint density at radius 3 is 2.67 bits per heavy atom. The maximum atomic E-state index is 11.9. The lowest BCUT2D eigenvalue weighted by Gasteiger charge is -2.08. The maximum absolute atomic E-state index is 11.9. The van der Waals surface area contributed by atoms with Gasteiger partial charge in [-0.2, -0.15) is 0 Å². The first-order chi connectivity index (χ1) is 8.47. The predicted octanol–water partition coefficient (Wildman–Crippen LogP) is 4.12. The quantitative estimate of drug-likeness (QED) is 0.695. The van der Waals surface area contributed by atoms with Crippen LogP contribution in [0.15, 0.2) is 38.3 Å². The van der Waals surface area contributed by atoms with Gasteiger partial charge in [-0.3, -0.25) is 4.79 Å². The second kappa shape index (κ2) is 5.74. The lowest BCUT2D eigenvalue weighted by molar-refractivity contribution is 0.749. The second-order valence-electron chi connectivity index (χ2n) is 3.54. The van der Waals surface area contributed by atoms with Gasteiger partial charge in [0, 0.05) is 22.4 Å². The number of rotatable bonds is 2. The van der Waals surface area contributed by atoms with Crippen molar-refractivity contribution in [2.75, 3.05) is 0 Å². The Labute approximate surface area is 130 Å². The molecule has 2 rings (SSSR count). The zero-order valence-corrected chi connectivity index (χ0v) is 13.5. The fraction of sp³-hybridized carbons (Fsp3) is 0.0909. The number of hydrogen-bond acceptors (Lipinski definition) is 2. The normalized spacial score (nSPS) is 10.7. The van der Waals surface area contributed by atoms with Crippen LogP contribution in [0.4, 0.5) is 0 Å². The van der Waals surface area contributed by atoms with E-state index in [0.29, 0.717) is 21.2 Å². The van der Waals surface area contributed by atoms with Crippen LogP contribution in [0.2, 0.25) is 10.2 Å². The molecule has 0 N–H and O–H groups in total. The molecule has 2 aromatic heterocycles. The van der Waals surface area contributed by atoms with E-state index in [1.54, 1.807) is 24.5 Å². The highest BCUT2D eigenvalue weighted by Gasteiger charge is 2.07. The minimum atomic E-state index is -0.135. The van der Waals surface area contributed by atoms with Crippen LogP contribution in [-0.2, 0) is 6.54 Å². The van der Waals surface area contributed by atoms with Crippen LogP contribution in [-0.4, -0.2) is 9.55 Å². The van der Waals surface area contributed by atoms with E-state index in [1.807, 2.05) is 0 Å². The third-order valence-corrected chi connectivity index (χ3v) is 3.81. The molecule has 2 aromatic rings. The highest BCUT2D eigenvalue weighted by Crippen LogP contribution is 2.20. The van der Waals surface area contributed by atoms with Crippen LogP contribution in [0.1, 0.15) is 5.56 Å². The summed E-state index contributed by atoms with van der Waals surface area (Å²) in [6.07, 6.45) is 3.25. The molecule has 0 aliphatic heterocycles. The lowest BCUT2D eigenvalue weighted by Crippen LogP contribution is -2.20. The van der Waals surface area contributed by atoms with E-state index >= 15 is 0 Å². The van der Waals surface area contributed by atoms with Gasteiger partial charge in [0.1, 0.15) is 5.15 Å². The maximum Gasteiger partial charge on any atom is 0.265 e. The Morgan fingerprint density at radius 1 is 1.28 bits per heavy atom. The summed E-state index contributed by atoms with van der Waals surface area (Å²) in [5.41, 5.74) is 0.595. The molecule has 18 heavy (non-hydrogen) atoms. The summed E-state index contributed by atoms with van der Waals surface area (Å²) < 4.78 is 2.81. The lowest BCUT2D eigenvalue weighted by atomic mass is 10.3. The fourth-order valence-corrected chi connectivity index (χ4v) is 3.10. The number of aromatic nitrogens is 2. The van der Waals surface area contributed by atoms with E-state index in [1.165, 1.54) is 4.57 Å². The molecule has 94 valence electrons. The Bertz CT molecular complexity index is 658. The first kappa shape index (κ1) is 14.1. The summed E-state index contributed by atoms with van der Waals surface area (Å²) in [6, 6.07) is 3.25. The summed E-state index contributed by atoms with van der Waals surface area (Å²) in [5.74, 6) is 0. The molecule has 0 unspecified atom stereocenters. The molecule has 7 heteroatoms. The minimum Gasteiger partial charge on any atom is -0.309 e. The molecular formula is C11H6Br2Cl2N2O. The molecule has 0 aromatic carbocycles. The van der Waals surface area contributed by atoms with Crippen molar-refractivity contribution >= 4 is 55.1 Å². The van der Waals surface area contributed by atoms with Crippen molar-refractivity contribution in [2.24, 2.45) is 0 Å². The molecule has 0 bridgehead atoms. The summed E-state index contributed by atoms with van der Waals surface area (Å²) in [4.78, 5) is 15.9. The van der Waals surface area contributed by atoms with Crippen molar-refractivity contribution in [1.82, 2.24) is 9.55 Å². The van der Waals surface area contributed by atoms with Gasteiger partial charge >= 0.3 is 0 Å². The van der Waals surface area contributed by atoms with Gasteiger partial charge in [0.15, 0.2) is 0 Å². The Hall–Kier alpha value is -0.360. The summed E-state index contributed by atoms with van der Waals surface area (Å²) in [7, 11) is 0. The van der Waals surface area contributed by atoms with E-state index in [-0.39, 0.29) is 5.56 Å². The van der Waals surface area contributed by atoms with Crippen LogP contribution in [0, 0.1) is 0 Å². The molecule has 2 heterocycles. The number of hydrogen-bond donors (Lipinski definition) is 0. The molecule has 0 spiro atoms. The van der Waals surface area contributed by atoms with Gasteiger partial charge in [0.25, 0.3) is 5.56 Å². The Kier molecular flexibility index (Phi) is 4.48. The van der Waals surface area contributed by atoms with Crippen LogP contribution in [0.5, 0.6) is 0 Å². The average molecular weight is 413 g/mol. The highest BCUT2D eigenvalue weighted by molar-refractivity contribution is 9.11. The molecule has 0 saturated heterocycles. The largest absolute Gasteiger partial charge is 0.309 e. The first-order valence-electron chi connectivity index (χ1n) is 4.83. The molecule has 3 nitrogen and oxygen atoms in total. The van der Waals surface area contributed by atoms with Gasteiger partial charge in [0.2, 0.25) is 0 Å². The molecule has 0 amide bonds. The molecule has 0 radical (unpaired) electrons. The van der Waals surface area contributed by atoms with Gasteiger partial charge in [-0.1, -0.05) is 23.2 Å². The highest BCUT2D eigenvalue weighted by atomic mass is 79.9. The Balaban J connectivity index is 2.43. The first-order valence-corrected chi connectivity index (χ1v) is 7.17. The third kappa shape index (κ3) is 3.15. The van der Waals surface area contributed by atoms with E-state index in [0.717, 1.165) is 10.0 Å². The molecule has 0 aliphatic rings. The average Bonchev–Trinajstić information content (AvgIpc) is 2.29. The van der Waals surface area contributed by atoms with Gasteiger partial charge in [-0.15, -0.1) is 0 Å². The zero-order chi connectivity index (χ0) is 13.3. The van der Waals surface area contributed by atoms with Crippen LogP contribution >= 0.6 is 55.1 Å². The molecule has 0 saturated carbocycles. The van der Waals surface area contributed by atoms with E-state index in [2.05, 4.69) is 36.8 Å². The summed E-state index contributed by atoms with van der Waals surface area (Å²) >= 11 is 18.3. The Morgan fingerprint density at radius 2 is 2.00 bits per heavy atom. The summed E-state index contributed by atoms with van der Waals surface area (Å²) in [6.45, 7) is 0.333. The van der Waals surface area contributed by atoms with Gasteiger partial charge in [0.05, 0.1) is 16.0 Å². The van der Waals surface area contributed by atoms with Gasteiger partial charge in [-0.05, 0) is 44.0 Å². The number of pyridine rings is 2. The molecular weight excluding hydrogens is 407 g/mol. The van der Waals surface area contributed by atoms with E-state index in [4.69, 9.17) is 23.2 Å². The standard InChI is InChI=1S/C11H6Br2Cl2N2O/c12-7-1-8(13)11(18)17(5-7)4-6-3-16-10(15)2-9(6)14/h1-3,5H,4H2. The predicted molar refractivity (Wildman–Crippen MR) is 79.5 cm³/mol. The third-order valence-electron chi connectivity index (χ3n) is 2.25. The van der Waals surface area contributed by atoms with Crippen LogP contribution in [0.25, 0.3) is 0 Å². The number of nitrogens with zero attached hydrogens (tertiary/aromatic N) is 2. The fourth-order valence-electron chi connectivity index (χ4n) is 1.42. The SMILES string of the molecule is O=c1c(Br)cc(Br)cn1Cc1cnc(Cl)cc1Cl. The second-order valence-corrected chi connectivity index (χ2v) is 6.10. The zero-order valence-electron chi connectivity index (χ0n) is 8.83. The van der Waals surface area contributed by atoms with Crippen molar-refractivity contribution in [1.29, 1.82) is 0 Å². The van der Waals surface area contributed by atoms with Crippen LogP contribution < -0.4 is 5.56 Å². The van der Waals surface area contributed by atoms with Crippen molar-refractivity contribution in [3.63, 3.8) is 0 Å². The molecule has 0 aliphatic carbocycles. The van der Waals surface area contributed by atoms with Crippen molar-refractivity contribution < 1.29 is 0 Å². The topological polar surface area (TPSA) is 34.9 Å². The van der Waals surface area contributed by atoms with E-state index in [9.17, 15) is 4.79 Å². The van der Waals surface area contributed by atoms with E-state index < -0.39 is 0 Å². The van der Waals surface area contributed by atoms with Crippen molar-refractivity contribution in [3.05, 3.63) is 59.6 Å². The van der Waals surface area contributed by atoms with Crippen molar-refractivity contribution in [2.45, 2.75) is 6.54 Å². The van der Waals surface area contributed by atoms with Gasteiger partial charge < -0.3 is 4.57 Å². The van der Waals surface area contributed by atoms with Crippen LogP contribution in [0.3, 0.4) is 0 Å². The smallest absolute Gasteiger partial charge is 0.265 e. The monoisotopic (exact) mass is 410 g/mol. The van der Waals surface area contributed by atoms with Crippen molar-refractivity contribution in [3.8, 4) is 0 Å².